The van der Waals surface area contributed by atoms with E-state index in [0.29, 0.717) is 18.2 Å². The number of nitrogens with zero attached hydrogens (tertiary/aromatic N) is 3. The van der Waals surface area contributed by atoms with Gasteiger partial charge in [-0.2, -0.15) is 4.98 Å². The van der Waals surface area contributed by atoms with Gasteiger partial charge in [-0.25, -0.2) is 4.98 Å². The van der Waals surface area contributed by atoms with Crippen molar-refractivity contribution in [2.45, 2.75) is 45.1 Å². The van der Waals surface area contributed by atoms with Crippen molar-refractivity contribution in [1.82, 2.24) is 9.97 Å². The molecule has 7 nitrogen and oxygen atoms in total. The molecule has 1 aromatic rings. The summed E-state index contributed by atoms with van der Waals surface area (Å²) in [6.45, 7) is 1.46. The third-order valence-electron chi connectivity index (χ3n) is 5.23. The molecule has 3 atom stereocenters. The zero-order valence-electron chi connectivity index (χ0n) is 13.6. The molecule has 0 spiro atoms. The first kappa shape index (κ1) is 15.7. The van der Waals surface area contributed by atoms with Crippen molar-refractivity contribution >= 4 is 23.4 Å². The first-order chi connectivity index (χ1) is 10.9. The Bertz CT molecular complexity index is 660. The maximum atomic E-state index is 11.5. The molecule has 3 aliphatic carbocycles. The van der Waals surface area contributed by atoms with E-state index in [-0.39, 0.29) is 23.4 Å². The summed E-state index contributed by atoms with van der Waals surface area (Å²) in [5.41, 5.74) is 13.5. The van der Waals surface area contributed by atoms with Crippen LogP contribution in [0.4, 0.5) is 11.8 Å². The van der Waals surface area contributed by atoms with Crippen LogP contribution in [0.3, 0.4) is 0 Å². The standard InChI is InChI=1S/C16H23N5O2/c1-9(22)23-13-5-10-3-4-16(13,7-12(10)19-2)6-11-8-20-15(18)21-14(11)17/h8,10,13H,3-7H2,1-2H3,(H4,17,18,20,21). The van der Waals surface area contributed by atoms with Crippen LogP contribution in [0.25, 0.3) is 0 Å². The summed E-state index contributed by atoms with van der Waals surface area (Å²) >= 11 is 0. The summed E-state index contributed by atoms with van der Waals surface area (Å²) < 4.78 is 5.66. The molecular weight excluding hydrogens is 294 g/mol. The smallest absolute Gasteiger partial charge is 0.302 e. The molecule has 0 aliphatic heterocycles. The molecule has 4 rings (SSSR count). The lowest BCUT2D eigenvalue weighted by Gasteiger charge is -2.52. The van der Waals surface area contributed by atoms with E-state index < -0.39 is 0 Å². The van der Waals surface area contributed by atoms with Crippen LogP contribution in [0.15, 0.2) is 11.2 Å². The third kappa shape index (κ3) is 2.87. The van der Waals surface area contributed by atoms with Gasteiger partial charge in [0.15, 0.2) is 0 Å². The molecule has 1 aromatic heterocycles. The van der Waals surface area contributed by atoms with Gasteiger partial charge in [-0.3, -0.25) is 9.79 Å². The van der Waals surface area contributed by atoms with Crippen molar-refractivity contribution in [2.75, 3.05) is 18.5 Å². The Balaban J connectivity index is 1.94. The highest BCUT2D eigenvalue weighted by atomic mass is 16.5. The molecule has 0 radical (unpaired) electrons. The lowest BCUT2D eigenvalue weighted by atomic mass is 9.56. The van der Waals surface area contributed by atoms with E-state index in [0.717, 1.165) is 31.2 Å². The van der Waals surface area contributed by atoms with Gasteiger partial charge in [-0.05, 0) is 32.1 Å². The van der Waals surface area contributed by atoms with Crippen molar-refractivity contribution in [3.63, 3.8) is 0 Å². The van der Waals surface area contributed by atoms with E-state index in [2.05, 4.69) is 15.0 Å². The summed E-state index contributed by atoms with van der Waals surface area (Å²) in [6.07, 6.45) is 5.96. The number of hydrogen-bond donors (Lipinski definition) is 2. The molecule has 7 heteroatoms. The summed E-state index contributed by atoms with van der Waals surface area (Å²) in [5.74, 6) is 0.754. The van der Waals surface area contributed by atoms with E-state index in [4.69, 9.17) is 16.2 Å². The number of aliphatic imine (C=N–C) groups is 1. The Morgan fingerprint density at radius 3 is 2.96 bits per heavy atom. The summed E-state index contributed by atoms with van der Waals surface area (Å²) in [6, 6.07) is 0. The molecule has 124 valence electrons. The third-order valence-corrected chi connectivity index (χ3v) is 5.23. The molecule has 0 amide bonds. The van der Waals surface area contributed by atoms with Gasteiger partial charge >= 0.3 is 5.97 Å². The minimum Gasteiger partial charge on any atom is -0.462 e. The minimum atomic E-state index is -0.238. The van der Waals surface area contributed by atoms with Gasteiger partial charge in [-0.15, -0.1) is 0 Å². The lowest BCUT2D eigenvalue weighted by Crippen LogP contribution is -2.53. The summed E-state index contributed by atoms with van der Waals surface area (Å²) in [5, 5.41) is 0. The van der Waals surface area contributed by atoms with Gasteiger partial charge in [0, 0.05) is 42.8 Å². The number of fused-ring (bicyclic) bond motifs is 3. The van der Waals surface area contributed by atoms with Crippen LogP contribution in [0.1, 0.15) is 38.2 Å². The topological polar surface area (TPSA) is 116 Å². The number of ether oxygens (including phenoxy) is 1. The van der Waals surface area contributed by atoms with Crippen molar-refractivity contribution in [2.24, 2.45) is 16.3 Å². The van der Waals surface area contributed by atoms with Crippen molar-refractivity contribution in [3.8, 4) is 0 Å². The van der Waals surface area contributed by atoms with Gasteiger partial charge in [-0.1, -0.05) is 0 Å². The highest BCUT2D eigenvalue weighted by molar-refractivity contribution is 5.89. The van der Waals surface area contributed by atoms with Crippen LogP contribution < -0.4 is 11.5 Å². The molecule has 1 heterocycles. The van der Waals surface area contributed by atoms with E-state index in [1.165, 1.54) is 12.6 Å². The van der Waals surface area contributed by atoms with E-state index in [1.54, 1.807) is 6.20 Å². The normalized spacial score (nSPS) is 31.3. The quantitative estimate of drug-likeness (QED) is 0.813. The number of carbonyl (C=O) groups is 1. The fourth-order valence-corrected chi connectivity index (χ4v) is 4.11. The molecule has 0 saturated heterocycles. The van der Waals surface area contributed by atoms with E-state index >= 15 is 0 Å². The second kappa shape index (κ2) is 5.79. The number of nitrogens with two attached hydrogens (primary N) is 2. The van der Waals surface area contributed by atoms with Gasteiger partial charge in [0.2, 0.25) is 5.95 Å². The Hall–Kier alpha value is -2.18. The van der Waals surface area contributed by atoms with Crippen LogP contribution in [0.2, 0.25) is 0 Å². The highest BCUT2D eigenvalue weighted by Gasteiger charge is 2.52. The number of anilines is 2. The number of nitrogen functional groups attached to an aromatic ring is 2. The maximum absolute atomic E-state index is 11.5. The molecule has 4 N–H and O–H groups in total. The van der Waals surface area contributed by atoms with Gasteiger partial charge in [0.05, 0.1) is 0 Å². The zero-order chi connectivity index (χ0) is 16.6. The molecule has 23 heavy (non-hydrogen) atoms. The number of aromatic nitrogens is 2. The molecule has 2 bridgehead atoms. The van der Waals surface area contributed by atoms with Crippen LogP contribution in [-0.4, -0.2) is 34.8 Å². The van der Waals surface area contributed by atoms with Crippen LogP contribution in [-0.2, 0) is 16.0 Å². The van der Waals surface area contributed by atoms with Crippen molar-refractivity contribution in [1.29, 1.82) is 0 Å². The fourth-order valence-electron chi connectivity index (χ4n) is 4.11. The van der Waals surface area contributed by atoms with Crippen molar-refractivity contribution < 1.29 is 9.53 Å². The van der Waals surface area contributed by atoms with Gasteiger partial charge in [0.25, 0.3) is 0 Å². The molecular formula is C16H23N5O2. The lowest BCUT2D eigenvalue weighted by molar-refractivity contribution is -0.159. The summed E-state index contributed by atoms with van der Waals surface area (Å²) in [4.78, 5) is 24.1. The average molecular weight is 317 g/mol. The fraction of sp³-hybridized carbons (Fsp3) is 0.625. The second-order valence-electron chi connectivity index (χ2n) is 6.64. The van der Waals surface area contributed by atoms with Crippen molar-refractivity contribution in [3.05, 3.63) is 11.8 Å². The Labute approximate surface area is 135 Å². The predicted octanol–water partition coefficient (Wildman–Crippen LogP) is 1.38. The zero-order valence-corrected chi connectivity index (χ0v) is 13.6. The number of hydrogen-bond acceptors (Lipinski definition) is 7. The van der Waals surface area contributed by atoms with Crippen LogP contribution in [0, 0.1) is 11.3 Å². The SMILES string of the molecule is CN=C1CC2(Cc3cnc(N)nc3N)CCC1CC2OC(C)=O. The molecule has 3 fully saturated rings. The summed E-state index contributed by atoms with van der Waals surface area (Å²) in [7, 11) is 1.84. The minimum absolute atomic E-state index is 0.110. The maximum Gasteiger partial charge on any atom is 0.302 e. The van der Waals surface area contributed by atoms with E-state index in [1.807, 2.05) is 7.05 Å². The second-order valence-corrected chi connectivity index (χ2v) is 6.64. The van der Waals surface area contributed by atoms with Gasteiger partial charge < -0.3 is 16.2 Å². The van der Waals surface area contributed by atoms with Crippen LogP contribution >= 0.6 is 0 Å². The Kier molecular flexibility index (Phi) is 3.95. The number of esters is 1. The average Bonchev–Trinajstić information content (AvgIpc) is 2.50. The Morgan fingerprint density at radius 2 is 2.30 bits per heavy atom. The van der Waals surface area contributed by atoms with Gasteiger partial charge in [0.1, 0.15) is 11.9 Å². The number of rotatable bonds is 3. The first-order valence-electron chi connectivity index (χ1n) is 7.93. The monoisotopic (exact) mass is 317 g/mol. The largest absolute Gasteiger partial charge is 0.462 e. The Morgan fingerprint density at radius 1 is 1.52 bits per heavy atom. The number of carbonyl (C=O) groups excluding carboxylic acids is 1. The molecule has 3 saturated carbocycles. The molecule has 3 unspecified atom stereocenters. The predicted molar refractivity (Wildman–Crippen MR) is 87.9 cm³/mol. The van der Waals surface area contributed by atoms with E-state index in [9.17, 15) is 4.79 Å². The van der Waals surface area contributed by atoms with Crippen LogP contribution in [0.5, 0.6) is 0 Å². The first-order valence-corrected chi connectivity index (χ1v) is 7.93. The highest BCUT2D eigenvalue weighted by Crippen LogP contribution is 2.52. The molecule has 3 aliphatic rings. The molecule has 0 aromatic carbocycles.